The van der Waals surface area contributed by atoms with E-state index >= 15 is 0 Å². The predicted molar refractivity (Wildman–Crippen MR) is 80.0 cm³/mol. The molecule has 0 bridgehead atoms. The minimum absolute atomic E-state index is 0. The third-order valence-corrected chi connectivity index (χ3v) is 2.86. The van der Waals surface area contributed by atoms with Gasteiger partial charge in [0, 0.05) is 36.6 Å². The highest BCUT2D eigenvalue weighted by Gasteiger charge is 2.05. The summed E-state index contributed by atoms with van der Waals surface area (Å²) in [4.78, 5) is 0. The minimum atomic E-state index is -0.398. The molecule has 0 radical (unpaired) electrons. The Morgan fingerprint density at radius 1 is 1.25 bits per heavy atom. The van der Waals surface area contributed by atoms with Crippen LogP contribution in [-0.2, 0) is 19.6 Å². The molecule has 0 aromatic carbocycles. The highest BCUT2D eigenvalue weighted by atomic mass is 35.5. The van der Waals surface area contributed by atoms with E-state index in [-0.39, 0.29) is 12.4 Å². The van der Waals surface area contributed by atoms with Gasteiger partial charge >= 0.3 is 0 Å². The fourth-order valence-electron chi connectivity index (χ4n) is 1.93. The highest BCUT2D eigenvalue weighted by molar-refractivity contribution is 5.85. The lowest BCUT2D eigenvalue weighted by Gasteiger charge is -2.01. The van der Waals surface area contributed by atoms with Crippen molar-refractivity contribution < 1.29 is 4.39 Å². The van der Waals surface area contributed by atoms with Crippen molar-refractivity contribution >= 4 is 18.2 Å². The van der Waals surface area contributed by atoms with Crippen molar-refractivity contribution in [3.05, 3.63) is 29.7 Å². The van der Waals surface area contributed by atoms with Gasteiger partial charge in [0.2, 0.25) is 0 Å². The second-order valence-electron chi connectivity index (χ2n) is 4.58. The fraction of sp³-hybridized carbons (Fsp3) is 0.538. The molecule has 0 fully saturated rings. The van der Waals surface area contributed by atoms with Crippen molar-refractivity contribution in [2.45, 2.75) is 39.9 Å². The lowest BCUT2D eigenvalue weighted by molar-refractivity contribution is 0.427. The average Bonchev–Trinajstić information content (AvgIpc) is 2.95. The zero-order chi connectivity index (χ0) is 13.7. The number of aryl methyl sites for hydroxylation is 3. The lowest BCUT2D eigenvalue weighted by Crippen LogP contribution is -2.03. The molecule has 0 atom stereocenters. The summed E-state index contributed by atoms with van der Waals surface area (Å²) in [5.41, 5.74) is 2.14. The van der Waals surface area contributed by atoms with E-state index in [1.807, 2.05) is 30.2 Å². The van der Waals surface area contributed by atoms with Crippen LogP contribution < -0.4 is 5.32 Å². The summed E-state index contributed by atoms with van der Waals surface area (Å²) in [5, 5.41) is 11.8. The van der Waals surface area contributed by atoms with Crippen molar-refractivity contribution in [1.29, 1.82) is 0 Å². The van der Waals surface area contributed by atoms with E-state index in [1.165, 1.54) is 0 Å². The summed E-state index contributed by atoms with van der Waals surface area (Å²) in [5.74, 6) is 0.802. The topological polar surface area (TPSA) is 47.7 Å². The highest BCUT2D eigenvalue weighted by Crippen LogP contribution is 2.12. The van der Waals surface area contributed by atoms with Crippen LogP contribution >= 0.6 is 12.4 Å². The second kappa shape index (κ2) is 7.89. The Hall–Kier alpha value is -1.56. The first-order valence-corrected chi connectivity index (χ1v) is 6.58. The second-order valence-corrected chi connectivity index (χ2v) is 4.58. The molecular weight excluding hydrogens is 281 g/mol. The summed E-state index contributed by atoms with van der Waals surface area (Å²) in [6.07, 6.45) is 6.81. The van der Waals surface area contributed by atoms with Gasteiger partial charge < -0.3 is 5.32 Å². The Balaban J connectivity index is 0.00000200. The molecule has 2 heterocycles. The monoisotopic (exact) mass is 301 g/mol. The number of anilines is 1. The van der Waals surface area contributed by atoms with Gasteiger partial charge in [0.05, 0.1) is 12.7 Å². The van der Waals surface area contributed by atoms with Crippen molar-refractivity contribution in [1.82, 2.24) is 19.6 Å². The first-order chi connectivity index (χ1) is 9.22. The minimum Gasteiger partial charge on any atom is -0.364 e. The van der Waals surface area contributed by atoms with Gasteiger partial charge in [-0.15, -0.1) is 12.4 Å². The molecule has 1 N–H and O–H groups in total. The third-order valence-electron chi connectivity index (χ3n) is 2.86. The van der Waals surface area contributed by atoms with E-state index in [4.69, 9.17) is 0 Å². The van der Waals surface area contributed by atoms with Crippen LogP contribution in [0.3, 0.4) is 0 Å². The number of alkyl halides is 1. The summed E-state index contributed by atoms with van der Waals surface area (Å²) in [6, 6.07) is 0. The van der Waals surface area contributed by atoms with Gasteiger partial charge in [0.15, 0.2) is 5.82 Å². The van der Waals surface area contributed by atoms with Crippen molar-refractivity contribution in [3.63, 3.8) is 0 Å². The van der Waals surface area contributed by atoms with Crippen LogP contribution in [0.15, 0.2) is 18.6 Å². The molecule has 0 spiro atoms. The molecule has 0 aliphatic carbocycles. The molecule has 2 rings (SSSR count). The number of aromatic nitrogens is 4. The van der Waals surface area contributed by atoms with Crippen molar-refractivity contribution in [2.24, 2.45) is 0 Å². The molecule has 0 unspecified atom stereocenters. The van der Waals surface area contributed by atoms with Crippen molar-refractivity contribution in [2.75, 3.05) is 12.0 Å². The number of nitrogens with one attached hydrogen (secondary N) is 1. The maximum absolute atomic E-state index is 12.3. The number of rotatable bonds is 7. The Morgan fingerprint density at radius 3 is 2.75 bits per heavy atom. The summed E-state index contributed by atoms with van der Waals surface area (Å²) in [7, 11) is 0. The third kappa shape index (κ3) is 4.23. The Morgan fingerprint density at radius 2 is 2.05 bits per heavy atom. The zero-order valence-corrected chi connectivity index (χ0v) is 12.7. The van der Waals surface area contributed by atoms with Gasteiger partial charge in [0.25, 0.3) is 0 Å². The number of halogens is 2. The smallest absolute Gasteiger partial charge is 0.151 e. The Labute approximate surface area is 124 Å². The lowest BCUT2D eigenvalue weighted by atomic mass is 10.3. The van der Waals surface area contributed by atoms with Crippen LogP contribution in [-0.4, -0.2) is 26.2 Å². The molecule has 20 heavy (non-hydrogen) atoms. The molecular formula is C13H21ClFN5. The predicted octanol–water partition coefficient (Wildman–Crippen LogP) is 2.80. The molecule has 0 saturated heterocycles. The van der Waals surface area contributed by atoms with E-state index in [1.54, 1.807) is 4.68 Å². The molecule has 2 aromatic heterocycles. The fourth-order valence-corrected chi connectivity index (χ4v) is 1.93. The number of nitrogens with zero attached hydrogens (tertiary/aromatic N) is 4. The molecule has 112 valence electrons. The molecule has 0 saturated carbocycles. The molecule has 7 heteroatoms. The number of hydrogen-bond donors (Lipinski definition) is 1. The summed E-state index contributed by atoms with van der Waals surface area (Å²) < 4.78 is 15.8. The average molecular weight is 302 g/mol. The normalized spacial score (nSPS) is 10.3. The van der Waals surface area contributed by atoms with Gasteiger partial charge in [-0.05, 0) is 13.3 Å². The van der Waals surface area contributed by atoms with Crippen molar-refractivity contribution in [3.8, 4) is 0 Å². The van der Waals surface area contributed by atoms with E-state index in [0.29, 0.717) is 13.1 Å². The van der Waals surface area contributed by atoms with Gasteiger partial charge in [-0.3, -0.25) is 9.36 Å². The van der Waals surface area contributed by atoms with Crippen LogP contribution in [0.2, 0.25) is 0 Å². The quantitative estimate of drug-likeness (QED) is 0.855. The standard InChI is InChI=1S/C13H20FN5.ClH/c1-3-5-18-10-12(8-16-18)7-15-13-11(2)9-19(17-13)6-4-14;/h8-10H,3-7H2,1-2H3,(H,15,17);1H. The van der Waals surface area contributed by atoms with Gasteiger partial charge in [-0.1, -0.05) is 6.92 Å². The van der Waals surface area contributed by atoms with E-state index in [2.05, 4.69) is 22.4 Å². The van der Waals surface area contributed by atoms with E-state index in [9.17, 15) is 4.39 Å². The first kappa shape index (κ1) is 16.5. The van der Waals surface area contributed by atoms with Crippen LogP contribution in [0, 0.1) is 6.92 Å². The van der Waals surface area contributed by atoms with Crippen LogP contribution in [0.5, 0.6) is 0 Å². The molecule has 0 aliphatic rings. The van der Waals surface area contributed by atoms with E-state index < -0.39 is 6.67 Å². The van der Waals surface area contributed by atoms with Crippen LogP contribution in [0.25, 0.3) is 0 Å². The SMILES string of the molecule is CCCn1cc(CNc2nn(CCF)cc2C)cn1.Cl. The molecule has 5 nitrogen and oxygen atoms in total. The van der Waals surface area contributed by atoms with Gasteiger partial charge in [-0.2, -0.15) is 10.2 Å². The van der Waals surface area contributed by atoms with Gasteiger partial charge in [0.1, 0.15) is 6.67 Å². The Bertz CT molecular complexity index is 523. The van der Waals surface area contributed by atoms with Gasteiger partial charge in [-0.25, -0.2) is 4.39 Å². The maximum atomic E-state index is 12.3. The summed E-state index contributed by atoms with van der Waals surface area (Å²) in [6.45, 7) is 5.60. The van der Waals surface area contributed by atoms with Crippen LogP contribution in [0.1, 0.15) is 24.5 Å². The zero-order valence-electron chi connectivity index (χ0n) is 11.8. The first-order valence-electron chi connectivity index (χ1n) is 6.58. The summed E-state index contributed by atoms with van der Waals surface area (Å²) >= 11 is 0. The maximum Gasteiger partial charge on any atom is 0.151 e. The molecule has 0 aliphatic heterocycles. The molecule has 0 amide bonds. The van der Waals surface area contributed by atoms with E-state index in [0.717, 1.165) is 29.9 Å². The molecule has 2 aromatic rings. The van der Waals surface area contributed by atoms with Crippen LogP contribution in [0.4, 0.5) is 10.2 Å². The Kier molecular flexibility index (Phi) is 6.51. The number of hydrogen-bond acceptors (Lipinski definition) is 3. The largest absolute Gasteiger partial charge is 0.364 e.